The summed E-state index contributed by atoms with van der Waals surface area (Å²) in [6, 6.07) is 14.9. The van der Waals surface area contributed by atoms with E-state index in [0.29, 0.717) is 17.1 Å². The number of amides is 1. The summed E-state index contributed by atoms with van der Waals surface area (Å²) in [5.41, 5.74) is 1.41. The maximum absolute atomic E-state index is 12.5. The van der Waals surface area contributed by atoms with Crippen molar-refractivity contribution < 1.29 is 9.21 Å². The molecule has 0 fully saturated rings. The standard InChI is InChI=1S/C25H25ClN6O2/c1-17(28-25(33)18-5-4-11-27-15-18)24-30-29-23-10-12-31(13-14-32(23)24)16-19-8-9-22(34-19)20-6-2-3-7-21(20)26/h2-9,11,15,17H,10,12-14,16H2,1H3,(H,28,33). The van der Waals surface area contributed by atoms with E-state index in [1.54, 1.807) is 24.5 Å². The Hall–Kier alpha value is -3.49. The maximum atomic E-state index is 12.5. The Bertz CT molecular complexity index is 1290. The third-order valence-corrected chi connectivity index (χ3v) is 6.32. The lowest BCUT2D eigenvalue weighted by Gasteiger charge is -2.19. The third-order valence-electron chi connectivity index (χ3n) is 5.99. The molecule has 1 atom stereocenters. The Morgan fingerprint density at radius 1 is 1.12 bits per heavy atom. The number of nitrogens with one attached hydrogen (secondary N) is 1. The number of carbonyl (C=O) groups excluding carboxylic acids is 1. The number of hydrogen-bond acceptors (Lipinski definition) is 6. The number of furan rings is 1. The van der Waals surface area contributed by atoms with Gasteiger partial charge in [0.2, 0.25) is 0 Å². The van der Waals surface area contributed by atoms with Crippen molar-refractivity contribution in [1.29, 1.82) is 0 Å². The van der Waals surface area contributed by atoms with E-state index in [4.69, 9.17) is 16.0 Å². The molecule has 5 rings (SSSR count). The number of hydrogen-bond donors (Lipinski definition) is 1. The molecule has 4 aromatic rings. The zero-order valence-corrected chi connectivity index (χ0v) is 19.6. The topological polar surface area (TPSA) is 89.1 Å². The number of halogens is 1. The van der Waals surface area contributed by atoms with Crippen molar-refractivity contribution in [2.24, 2.45) is 0 Å². The molecule has 1 aliphatic heterocycles. The second kappa shape index (κ2) is 9.79. The zero-order valence-electron chi connectivity index (χ0n) is 18.8. The molecule has 174 valence electrons. The Balaban J connectivity index is 1.23. The Morgan fingerprint density at radius 2 is 2.00 bits per heavy atom. The summed E-state index contributed by atoms with van der Waals surface area (Å²) < 4.78 is 8.20. The van der Waals surface area contributed by atoms with Gasteiger partial charge in [-0.05, 0) is 43.3 Å². The van der Waals surface area contributed by atoms with E-state index in [1.807, 2.05) is 43.3 Å². The van der Waals surface area contributed by atoms with Crippen molar-refractivity contribution in [3.05, 3.63) is 88.9 Å². The quantitative estimate of drug-likeness (QED) is 0.450. The van der Waals surface area contributed by atoms with Gasteiger partial charge in [0.1, 0.15) is 17.3 Å². The minimum Gasteiger partial charge on any atom is -0.460 e. The van der Waals surface area contributed by atoms with Crippen LogP contribution >= 0.6 is 11.6 Å². The molecule has 0 saturated heterocycles. The molecule has 3 aromatic heterocycles. The molecule has 0 spiro atoms. The molecule has 1 amide bonds. The van der Waals surface area contributed by atoms with Crippen molar-refractivity contribution >= 4 is 17.5 Å². The summed E-state index contributed by atoms with van der Waals surface area (Å²) in [6.45, 7) is 5.03. The fraction of sp³-hybridized carbons (Fsp3) is 0.280. The van der Waals surface area contributed by atoms with Gasteiger partial charge in [0.05, 0.1) is 23.2 Å². The highest BCUT2D eigenvalue weighted by molar-refractivity contribution is 6.33. The minimum atomic E-state index is -0.274. The van der Waals surface area contributed by atoms with Crippen LogP contribution in [0.2, 0.25) is 5.02 Å². The molecular weight excluding hydrogens is 452 g/mol. The second-order valence-corrected chi connectivity index (χ2v) is 8.74. The van der Waals surface area contributed by atoms with Gasteiger partial charge >= 0.3 is 0 Å². The summed E-state index contributed by atoms with van der Waals surface area (Å²) in [7, 11) is 0. The van der Waals surface area contributed by atoms with Crippen LogP contribution in [0.5, 0.6) is 0 Å². The van der Waals surface area contributed by atoms with Crippen LogP contribution in [-0.2, 0) is 19.5 Å². The number of rotatable bonds is 6. The molecule has 8 nitrogen and oxygen atoms in total. The van der Waals surface area contributed by atoms with Crippen molar-refractivity contribution in [3.63, 3.8) is 0 Å². The van der Waals surface area contributed by atoms with Gasteiger partial charge in [0.15, 0.2) is 5.82 Å². The van der Waals surface area contributed by atoms with E-state index in [1.165, 1.54) is 0 Å². The van der Waals surface area contributed by atoms with Gasteiger partial charge in [-0.2, -0.15) is 0 Å². The summed E-state index contributed by atoms with van der Waals surface area (Å²) >= 11 is 6.31. The predicted octanol–water partition coefficient (Wildman–Crippen LogP) is 4.14. The molecule has 1 unspecified atom stereocenters. The van der Waals surface area contributed by atoms with Crippen molar-refractivity contribution in [2.75, 3.05) is 13.1 Å². The SMILES string of the molecule is CC(NC(=O)c1cccnc1)c1nnc2n1CCN(Cc1ccc(-c3ccccc3Cl)o1)CC2. The Labute approximate surface area is 202 Å². The highest BCUT2D eigenvalue weighted by Gasteiger charge is 2.23. The summed E-state index contributed by atoms with van der Waals surface area (Å²) in [5, 5.41) is 12.4. The van der Waals surface area contributed by atoms with Crippen LogP contribution in [0.15, 0.2) is 65.3 Å². The van der Waals surface area contributed by atoms with Crippen LogP contribution in [0.4, 0.5) is 0 Å². The summed E-state index contributed by atoms with van der Waals surface area (Å²) in [6.07, 6.45) is 3.97. The van der Waals surface area contributed by atoms with E-state index >= 15 is 0 Å². The van der Waals surface area contributed by atoms with Gasteiger partial charge in [-0.1, -0.05) is 23.7 Å². The van der Waals surface area contributed by atoms with Gasteiger partial charge in [0, 0.05) is 44.0 Å². The zero-order chi connectivity index (χ0) is 23.5. The highest BCUT2D eigenvalue weighted by Crippen LogP contribution is 2.29. The first kappa shape index (κ1) is 22.3. The Kier molecular flexibility index (Phi) is 6.42. The van der Waals surface area contributed by atoms with Gasteiger partial charge in [-0.3, -0.25) is 14.7 Å². The number of carbonyl (C=O) groups is 1. The maximum Gasteiger partial charge on any atom is 0.253 e. The number of benzene rings is 1. The number of aromatic nitrogens is 4. The lowest BCUT2D eigenvalue weighted by molar-refractivity contribution is 0.0937. The lowest BCUT2D eigenvalue weighted by atomic mass is 10.2. The molecule has 0 aliphatic carbocycles. The van der Waals surface area contributed by atoms with E-state index in [9.17, 15) is 4.79 Å². The first-order chi connectivity index (χ1) is 16.6. The molecule has 34 heavy (non-hydrogen) atoms. The van der Waals surface area contributed by atoms with Crippen LogP contribution in [0.3, 0.4) is 0 Å². The second-order valence-electron chi connectivity index (χ2n) is 8.33. The smallest absolute Gasteiger partial charge is 0.253 e. The molecule has 0 bridgehead atoms. The fourth-order valence-electron chi connectivity index (χ4n) is 4.20. The Morgan fingerprint density at radius 3 is 2.82 bits per heavy atom. The minimum absolute atomic E-state index is 0.180. The molecular formula is C25H25ClN6O2. The molecule has 0 radical (unpaired) electrons. The fourth-order valence-corrected chi connectivity index (χ4v) is 4.43. The van der Waals surface area contributed by atoms with Crippen LogP contribution in [0, 0.1) is 0 Å². The van der Waals surface area contributed by atoms with Gasteiger partial charge in [-0.25, -0.2) is 0 Å². The molecule has 0 saturated carbocycles. The lowest BCUT2D eigenvalue weighted by Crippen LogP contribution is -2.30. The molecule has 1 aromatic carbocycles. The average molecular weight is 477 g/mol. The number of nitrogens with zero attached hydrogens (tertiary/aromatic N) is 5. The van der Waals surface area contributed by atoms with Crippen molar-refractivity contribution in [1.82, 2.24) is 30.0 Å². The number of fused-ring (bicyclic) bond motifs is 1. The van der Waals surface area contributed by atoms with Crippen molar-refractivity contribution in [3.8, 4) is 11.3 Å². The monoisotopic (exact) mass is 476 g/mol. The average Bonchev–Trinajstić information content (AvgIpc) is 3.43. The summed E-state index contributed by atoms with van der Waals surface area (Å²) in [5.74, 6) is 3.17. The largest absolute Gasteiger partial charge is 0.460 e. The normalized spacial score (nSPS) is 14.9. The van der Waals surface area contributed by atoms with E-state index in [0.717, 1.165) is 54.8 Å². The third kappa shape index (κ3) is 4.73. The van der Waals surface area contributed by atoms with Crippen LogP contribution in [-0.4, -0.2) is 43.6 Å². The van der Waals surface area contributed by atoms with E-state index in [2.05, 4.69) is 30.0 Å². The number of pyridine rings is 1. The van der Waals surface area contributed by atoms with Crippen LogP contribution in [0.25, 0.3) is 11.3 Å². The van der Waals surface area contributed by atoms with Gasteiger partial charge in [0.25, 0.3) is 5.91 Å². The predicted molar refractivity (Wildman–Crippen MR) is 128 cm³/mol. The molecule has 1 aliphatic rings. The van der Waals surface area contributed by atoms with Crippen LogP contribution < -0.4 is 5.32 Å². The first-order valence-corrected chi connectivity index (χ1v) is 11.6. The van der Waals surface area contributed by atoms with Crippen molar-refractivity contribution in [2.45, 2.75) is 32.5 Å². The van der Waals surface area contributed by atoms with E-state index in [-0.39, 0.29) is 11.9 Å². The van der Waals surface area contributed by atoms with Gasteiger partial charge < -0.3 is 14.3 Å². The van der Waals surface area contributed by atoms with Crippen LogP contribution in [0.1, 0.15) is 40.7 Å². The molecule has 1 N–H and O–H groups in total. The molecule has 4 heterocycles. The van der Waals surface area contributed by atoms with Gasteiger partial charge in [-0.15, -0.1) is 10.2 Å². The molecule has 9 heteroatoms. The first-order valence-electron chi connectivity index (χ1n) is 11.3. The van der Waals surface area contributed by atoms with E-state index < -0.39 is 0 Å². The highest BCUT2D eigenvalue weighted by atomic mass is 35.5. The summed E-state index contributed by atoms with van der Waals surface area (Å²) in [4.78, 5) is 18.9.